The fourth-order valence-electron chi connectivity index (χ4n) is 2.99. The van der Waals surface area contributed by atoms with Crippen LogP contribution in [0.2, 0.25) is 0 Å². The van der Waals surface area contributed by atoms with Gasteiger partial charge in [-0.2, -0.15) is 5.10 Å². The second-order valence-electron chi connectivity index (χ2n) is 6.70. The average Bonchev–Trinajstić information content (AvgIpc) is 3.18. The van der Waals surface area contributed by atoms with Crippen molar-refractivity contribution in [3.05, 3.63) is 96.4 Å². The number of thiocarbonyl (C=S) groups is 1. The number of rotatable bonds is 5. The molecule has 0 aliphatic carbocycles. The van der Waals surface area contributed by atoms with E-state index < -0.39 is 0 Å². The van der Waals surface area contributed by atoms with Crippen molar-refractivity contribution in [3.63, 3.8) is 0 Å². The average molecular weight is 400 g/mol. The summed E-state index contributed by atoms with van der Waals surface area (Å²) in [6.45, 7) is 2.64. The molecule has 2 aromatic heterocycles. The molecule has 5 nitrogen and oxygen atoms in total. The van der Waals surface area contributed by atoms with Gasteiger partial charge in [-0.3, -0.25) is 4.98 Å². The van der Waals surface area contributed by atoms with E-state index in [4.69, 9.17) is 17.3 Å². The monoisotopic (exact) mass is 399 g/mol. The summed E-state index contributed by atoms with van der Waals surface area (Å²) in [6, 6.07) is 22.3. The normalized spacial score (nSPS) is 10.5. The van der Waals surface area contributed by atoms with Crippen molar-refractivity contribution >= 4 is 23.0 Å². The zero-order valence-electron chi connectivity index (χ0n) is 16.0. The van der Waals surface area contributed by atoms with E-state index in [1.165, 1.54) is 5.56 Å². The predicted octanol–water partition coefficient (Wildman–Crippen LogP) is 4.73. The van der Waals surface area contributed by atoms with E-state index >= 15 is 0 Å². The Morgan fingerprint density at radius 2 is 1.79 bits per heavy atom. The minimum absolute atomic E-state index is 0.542. The van der Waals surface area contributed by atoms with Crippen LogP contribution in [0.4, 0.5) is 5.69 Å². The van der Waals surface area contributed by atoms with Crippen LogP contribution in [0.5, 0.6) is 0 Å². The van der Waals surface area contributed by atoms with Gasteiger partial charge in [0.05, 0.1) is 23.3 Å². The van der Waals surface area contributed by atoms with Crippen LogP contribution in [0, 0.1) is 6.92 Å². The Bertz CT molecular complexity index is 1090. The predicted molar refractivity (Wildman–Crippen MR) is 121 cm³/mol. The van der Waals surface area contributed by atoms with E-state index in [1.54, 1.807) is 12.4 Å². The molecule has 4 aromatic rings. The zero-order valence-corrected chi connectivity index (χ0v) is 16.9. The van der Waals surface area contributed by atoms with Gasteiger partial charge in [0, 0.05) is 30.1 Å². The van der Waals surface area contributed by atoms with Crippen LogP contribution >= 0.6 is 12.2 Å². The third-order valence-corrected chi connectivity index (χ3v) is 4.74. The molecule has 29 heavy (non-hydrogen) atoms. The summed E-state index contributed by atoms with van der Waals surface area (Å²) < 4.78 is 1.91. The van der Waals surface area contributed by atoms with E-state index in [0.29, 0.717) is 11.7 Å². The fourth-order valence-corrected chi connectivity index (χ4v) is 3.18. The highest BCUT2D eigenvalue weighted by Crippen LogP contribution is 2.24. The van der Waals surface area contributed by atoms with Crippen molar-refractivity contribution in [2.24, 2.45) is 0 Å². The Balaban J connectivity index is 1.58. The summed E-state index contributed by atoms with van der Waals surface area (Å²) in [5.74, 6) is 0. The smallest absolute Gasteiger partial charge is 0.171 e. The highest BCUT2D eigenvalue weighted by molar-refractivity contribution is 7.80. The largest absolute Gasteiger partial charge is 0.358 e. The van der Waals surface area contributed by atoms with Crippen LogP contribution in [0.3, 0.4) is 0 Å². The van der Waals surface area contributed by atoms with Crippen LogP contribution in [-0.4, -0.2) is 19.9 Å². The number of pyridine rings is 1. The minimum Gasteiger partial charge on any atom is -0.358 e. The lowest BCUT2D eigenvalue weighted by atomic mass is 10.1. The SMILES string of the molecule is Cc1ccc(-c2nn(-c3ccccc3)cc2CNC(=S)Nc2cccnc2)cc1. The molecule has 0 bridgehead atoms. The first-order chi connectivity index (χ1) is 14.2. The number of nitrogens with zero attached hydrogens (tertiary/aromatic N) is 3. The standard InChI is InChI=1S/C23H21N5S/c1-17-9-11-18(12-10-17)22-19(16-28(27-22)21-7-3-2-4-8-21)14-25-23(29)26-20-6-5-13-24-15-20/h2-13,15-16H,14H2,1H3,(H2,25,26,29). The second kappa shape index (κ2) is 8.67. The Morgan fingerprint density at radius 1 is 1.00 bits per heavy atom. The van der Waals surface area contributed by atoms with E-state index in [0.717, 1.165) is 28.2 Å². The first kappa shape index (κ1) is 18.8. The van der Waals surface area contributed by atoms with E-state index in [1.807, 2.05) is 53.3 Å². The molecule has 0 amide bonds. The van der Waals surface area contributed by atoms with Gasteiger partial charge >= 0.3 is 0 Å². The molecular weight excluding hydrogens is 378 g/mol. The number of hydrogen-bond donors (Lipinski definition) is 2. The molecule has 0 spiro atoms. The molecular formula is C23H21N5S. The van der Waals surface area contributed by atoms with E-state index in [9.17, 15) is 0 Å². The topological polar surface area (TPSA) is 54.8 Å². The molecule has 0 saturated carbocycles. The molecule has 0 saturated heterocycles. The van der Waals surface area contributed by atoms with Crippen LogP contribution < -0.4 is 10.6 Å². The first-order valence-corrected chi connectivity index (χ1v) is 9.76. The molecule has 0 fully saturated rings. The zero-order chi connectivity index (χ0) is 20.1. The highest BCUT2D eigenvalue weighted by atomic mass is 32.1. The van der Waals surface area contributed by atoms with Crippen molar-refractivity contribution in [3.8, 4) is 16.9 Å². The van der Waals surface area contributed by atoms with Gasteiger partial charge in [-0.15, -0.1) is 0 Å². The third-order valence-electron chi connectivity index (χ3n) is 4.49. The number of nitrogens with one attached hydrogen (secondary N) is 2. The Labute approximate surface area is 175 Å². The summed E-state index contributed by atoms with van der Waals surface area (Å²) in [6.07, 6.45) is 5.51. The Morgan fingerprint density at radius 3 is 2.52 bits per heavy atom. The van der Waals surface area contributed by atoms with Gasteiger partial charge < -0.3 is 10.6 Å². The van der Waals surface area contributed by atoms with E-state index in [-0.39, 0.29) is 0 Å². The van der Waals surface area contributed by atoms with Crippen LogP contribution in [0.25, 0.3) is 16.9 Å². The quantitative estimate of drug-likeness (QED) is 0.475. The van der Waals surface area contributed by atoms with Crippen LogP contribution in [0.15, 0.2) is 85.3 Å². The second-order valence-corrected chi connectivity index (χ2v) is 7.11. The van der Waals surface area contributed by atoms with Crippen molar-refractivity contribution in [2.45, 2.75) is 13.5 Å². The summed E-state index contributed by atoms with van der Waals surface area (Å²) in [5, 5.41) is 11.8. The van der Waals surface area contributed by atoms with Gasteiger partial charge in [0.15, 0.2) is 5.11 Å². The number of benzene rings is 2. The molecule has 2 aromatic carbocycles. The Hall–Kier alpha value is -3.51. The van der Waals surface area contributed by atoms with Gasteiger partial charge in [0.2, 0.25) is 0 Å². The third kappa shape index (κ3) is 4.67. The molecule has 4 rings (SSSR count). The number of para-hydroxylation sites is 1. The van der Waals surface area contributed by atoms with E-state index in [2.05, 4.69) is 46.8 Å². The van der Waals surface area contributed by atoms with Gasteiger partial charge in [-0.25, -0.2) is 4.68 Å². The minimum atomic E-state index is 0.542. The Kier molecular flexibility index (Phi) is 5.63. The molecule has 0 atom stereocenters. The number of aromatic nitrogens is 3. The number of hydrogen-bond acceptors (Lipinski definition) is 3. The maximum atomic E-state index is 5.44. The molecule has 0 radical (unpaired) electrons. The van der Waals surface area contributed by atoms with Gasteiger partial charge in [0.25, 0.3) is 0 Å². The van der Waals surface area contributed by atoms with Gasteiger partial charge in [-0.1, -0.05) is 48.0 Å². The number of anilines is 1. The lowest BCUT2D eigenvalue weighted by molar-refractivity contribution is 0.879. The van der Waals surface area contributed by atoms with Crippen molar-refractivity contribution in [1.29, 1.82) is 0 Å². The summed E-state index contributed by atoms with van der Waals surface area (Å²) in [4.78, 5) is 4.09. The summed E-state index contributed by atoms with van der Waals surface area (Å²) in [5.41, 5.74) is 6.16. The lowest BCUT2D eigenvalue weighted by Gasteiger charge is -2.10. The van der Waals surface area contributed by atoms with Crippen molar-refractivity contribution in [1.82, 2.24) is 20.1 Å². The van der Waals surface area contributed by atoms with Crippen LogP contribution in [-0.2, 0) is 6.54 Å². The fraction of sp³-hybridized carbons (Fsp3) is 0.0870. The molecule has 6 heteroatoms. The molecule has 144 valence electrons. The summed E-state index contributed by atoms with van der Waals surface area (Å²) >= 11 is 5.44. The van der Waals surface area contributed by atoms with Gasteiger partial charge in [-0.05, 0) is 43.4 Å². The first-order valence-electron chi connectivity index (χ1n) is 9.35. The van der Waals surface area contributed by atoms with Crippen LogP contribution in [0.1, 0.15) is 11.1 Å². The molecule has 2 N–H and O–H groups in total. The maximum absolute atomic E-state index is 5.44. The molecule has 2 heterocycles. The maximum Gasteiger partial charge on any atom is 0.171 e. The van der Waals surface area contributed by atoms with Crippen molar-refractivity contribution in [2.75, 3.05) is 5.32 Å². The highest BCUT2D eigenvalue weighted by Gasteiger charge is 2.13. The summed E-state index contributed by atoms with van der Waals surface area (Å²) in [7, 11) is 0. The number of aryl methyl sites for hydroxylation is 1. The molecule has 0 aliphatic rings. The lowest BCUT2D eigenvalue weighted by Crippen LogP contribution is -2.28. The van der Waals surface area contributed by atoms with Crippen molar-refractivity contribution < 1.29 is 0 Å². The van der Waals surface area contributed by atoms with Gasteiger partial charge in [0.1, 0.15) is 0 Å². The molecule has 0 aliphatic heterocycles. The molecule has 0 unspecified atom stereocenters.